The van der Waals surface area contributed by atoms with Gasteiger partial charge in [0.2, 0.25) is 0 Å². The molecular weight excluding hydrogens is 569 g/mol. The Morgan fingerprint density at radius 1 is 0.404 bits per heavy atom. The number of rotatable bonds is 5. The van der Waals surface area contributed by atoms with Crippen LogP contribution in [0.5, 0.6) is 0 Å². The van der Waals surface area contributed by atoms with Gasteiger partial charge in [-0.1, -0.05) is 140 Å². The highest BCUT2D eigenvalue weighted by Gasteiger charge is 2.48. The Hall–Kier alpha value is -6.12. The largest absolute Gasteiger partial charge is 0.256 e. The third-order valence-corrected chi connectivity index (χ3v) is 9.66. The molecule has 0 spiro atoms. The van der Waals surface area contributed by atoms with Gasteiger partial charge in [-0.3, -0.25) is 9.97 Å². The Labute approximate surface area is 274 Å². The van der Waals surface area contributed by atoms with Gasteiger partial charge in [-0.2, -0.15) is 0 Å². The lowest BCUT2D eigenvalue weighted by molar-refractivity contribution is 0.770. The zero-order valence-electron chi connectivity index (χ0n) is 25.7. The van der Waals surface area contributed by atoms with Crippen LogP contribution < -0.4 is 0 Å². The minimum Gasteiger partial charge on any atom is -0.256 e. The highest BCUT2D eigenvalue weighted by molar-refractivity contribution is 6.01. The first-order valence-corrected chi connectivity index (χ1v) is 16.1. The van der Waals surface area contributed by atoms with Crippen molar-refractivity contribution in [3.63, 3.8) is 0 Å². The molecule has 220 valence electrons. The number of benzene rings is 6. The standard InChI is InChI=1S/C45H30N2/c1-3-13-35(14-4-1)45(36-15-5-2-6-16-36)40-18-8-7-17-39(40)43-37(31-20-22-32(23-21-31)41-19-9-10-28-46-41)25-26-38(44(43)45)33-24-27-42-34(30-33)12-11-29-47-42/h1-30H. The highest BCUT2D eigenvalue weighted by Crippen LogP contribution is 2.60. The Kier molecular flexibility index (Phi) is 6.39. The van der Waals surface area contributed by atoms with Crippen molar-refractivity contribution in [3.8, 4) is 44.6 Å². The molecule has 0 fully saturated rings. The molecule has 1 aliphatic carbocycles. The van der Waals surface area contributed by atoms with Gasteiger partial charge in [0.25, 0.3) is 0 Å². The van der Waals surface area contributed by atoms with Crippen LogP contribution in [0.1, 0.15) is 22.3 Å². The fourth-order valence-corrected chi connectivity index (χ4v) is 7.66. The van der Waals surface area contributed by atoms with Crippen molar-refractivity contribution in [2.75, 3.05) is 0 Å². The molecule has 8 aromatic rings. The first-order chi connectivity index (χ1) is 23.3. The lowest BCUT2D eigenvalue weighted by atomic mass is 9.66. The summed E-state index contributed by atoms with van der Waals surface area (Å²) in [5.41, 5.74) is 15.0. The molecule has 0 N–H and O–H groups in total. The van der Waals surface area contributed by atoms with Gasteiger partial charge in [0.1, 0.15) is 0 Å². The molecule has 2 nitrogen and oxygen atoms in total. The number of hydrogen-bond acceptors (Lipinski definition) is 2. The fourth-order valence-electron chi connectivity index (χ4n) is 7.66. The molecule has 6 aromatic carbocycles. The van der Waals surface area contributed by atoms with E-state index >= 15 is 0 Å². The van der Waals surface area contributed by atoms with Crippen molar-refractivity contribution in [1.29, 1.82) is 0 Å². The van der Waals surface area contributed by atoms with Crippen LogP contribution in [0.4, 0.5) is 0 Å². The summed E-state index contributed by atoms with van der Waals surface area (Å²) in [6.07, 6.45) is 3.71. The Balaban J connectivity index is 1.39. The summed E-state index contributed by atoms with van der Waals surface area (Å²) >= 11 is 0. The zero-order chi connectivity index (χ0) is 31.2. The van der Waals surface area contributed by atoms with Crippen molar-refractivity contribution >= 4 is 10.9 Å². The van der Waals surface area contributed by atoms with Crippen LogP contribution in [0.2, 0.25) is 0 Å². The summed E-state index contributed by atoms with van der Waals surface area (Å²) in [6.45, 7) is 0. The minimum atomic E-state index is -0.530. The summed E-state index contributed by atoms with van der Waals surface area (Å²) < 4.78 is 0. The Morgan fingerprint density at radius 2 is 1.04 bits per heavy atom. The van der Waals surface area contributed by atoms with Crippen molar-refractivity contribution in [2.24, 2.45) is 0 Å². The van der Waals surface area contributed by atoms with E-state index in [-0.39, 0.29) is 0 Å². The second-order valence-corrected chi connectivity index (χ2v) is 12.1. The van der Waals surface area contributed by atoms with E-state index in [2.05, 4.69) is 162 Å². The summed E-state index contributed by atoms with van der Waals surface area (Å²) in [5.74, 6) is 0. The molecule has 1 aliphatic rings. The molecule has 0 amide bonds. The first-order valence-electron chi connectivity index (χ1n) is 16.1. The molecule has 0 saturated heterocycles. The highest BCUT2D eigenvalue weighted by atomic mass is 14.7. The number of fused-ring (bicyclic) bond motifs is 4. The maximum Gasteiger partial charge on any atom is 0.0719 e. The molecule has 0 saturated carbocycles. The monoisotopic (exact) mass is 598 g/mol. The second kappa shape index (κ2) is 11.0. The molecule has 0 unspecified atom stereocenters. The van der Waals surface area contributed by atoms with Crippen molar-refractivity contribution in [1.82, 2.24) is 9.97 Å². The van der Waals surface area contributed by atoms with Crippen molar-refractivity contribution in [2.45, 2.75) is 5.41 Å². The van der Waals surface area contributed by atoms with Gasteiger partial charge >= 0.3 is 0 Å². The lowest BCUT2D eigenvalue weighted by Crippen LogP contribution is -2.29. The van der Waals surface area contributed by atoms with Gasteiger partial charge in [0.05, 0.1) is 16.6 Å². The van der Waals surface area contributed by atoms with Crippen molar-refractivity contribution < 1.29 is 0 Å². The van der Waals surface area contributed by atoms with E-state index in [1.807, 2.05) is 30.6 Å². The molecule has 47 heavy (non-hydrogen) atoms. The average Bonchev–Trinajstić information content (AvgIpc) is 3.47. The molecule has 2 heteroatoms. The van der Waals surface area contributed by atoms with Gasteiger partial charge < -0.3 is 0 Å². The van der Waals surface area contributed by atoms with Gasteiger partial charge in [-0.05, 0) is 86.0 Å². The SMILES string of the molecule is c1ccc(C2(c3ccccc3)c3ccccc3-c3c(-c4ccc(-c5ccccn5)cc4)ccc(-c4ccc5ncccc5c4)c32)cc1. The van der Waals surface area contributed by atoms with E-state index < -0.39 is 5.41 Å². The molecule has 2 heterocycles. The lowest BCUT2D eigenvalue weighted by Gasteiger charge is -2.35. The third kappa shape index (κ3) is 4.26. The number of nitrogens with zero attached hydrogens (tertiary/aromatic N) is 2. The predicted molar refractivity (Wildman–Crippen MR) is 193 cm³/mol. The van der Waals surface area contributed by atoms with Crippen LogP contribution in [0.25, 0.3) is 55.5 Å². The van der Waals surface area contributed by atoms with Gasteiger partial charge in [-0.15, -0.1) is 0 Å². The zero-order valence-corrected chi connectivity index (χ0v) is 25.7. The van der Waals surface area contributed by atoms with E-state index in [1.54, 1.807) is 0 Å². The number of aromatic nitrogens is 2. The minimum absolute atomic E-state index is 0.530. The van der Waals surface area contributed by atoms with Crippen LogP contribution in [0, 0.1) is 0 Å². The Morgan fingerprint density at radius 3 is 1.79 bits per heavy atom. The molecule has 0 aliphatic heterocycles. The van der Waals surface area contributed by atoms with Crippen LogP contribution in [-0.2, 0) is 5.41 Å². The molecule has 2 aromatic heterocycles. The van der Waals surface area contributed by atoms with E-state index in [0.29, 0.717) is 0 Å². The normalized spacial score (nSPS) is 12.9. The van der Waals surface area contributed by atoms with Gasteiger partial charge in [0, 0.05) is 23.3 Å². The smallest absolute Gasteiger partial charge is 0.0719 e. The third-order valence-electron chi connectivity index (χ3n) is 9.66. The van der Waals surface area contributed by atoms with Gasteiger partial charge in [0.15, 0.2) is 0 Å². The van der Waals surface area contributed by atoms with Gasteiger partial charge in [-0.25, -0.2) is 0 Å². The summed E-state index contributed by atoms with van der Waals surface area (Å²) in [4.78, 5) is 9.21. The fraction of sp³-hybridized carbons (Fsp3) is 0.0222. The van der Waals surface area contributed by atoms with Crippen LogP contribution in [0.3, 0.4) is 0 Å². The molecule has 0 radical (unpaired) electrons. The second-order valence-electron chi connectivity index (χ2n) is 12.1. The summed E-state index contributed by atoms with van der Waals surface area (Å²) in [7, 11) is 0. The summed E-state index contributed by atoms with van der Waals surface area (Å²) in [5, 5.41) is 1.13. The quantitative estimate of drug-likeness (QED) is 0.197. The van der Waals surface area contributed by atoms with E-state index in [1.165, 1.54) is 55.6 Å². The number of pyridine rings is 2. The maximum atomic E-state index is 4.62. The topological polar surface area (TPSA) is 25.8 Å². The average molecular weight is 599 g/mol. The van der Waals surface area contributed by atoms with Crippen LogP contribution >= 0.6 is 0 Å². The van der Waals surface area contributed by atoms with E-state index in [0.717, 1.165) is 22.2 Å². The van der Waals surface area contributed by atoms with E-state index in [4.69, 9.17) is 0 Å². The molecule has 9 rings (SSSR count). The summed E-state index contributed by atoms with van der Waals surface area (Å²) in [6, 6.07) is 61.5. The Bertz CT molecular complexity index is 2340. The molecule has 0 atom stereocenters. The predicted octanol–water partition coefficient (Wildman–Crippen LogP) is 11.0. The maximum absolute atomic E-state index is 4.62. The van der Waals surface area contributed by atoms with Crippen LogP contribution in [0.15, 0.2) is 182 Å². The number of hydrogen-bond donors (Lipinski definition) is 0. The first kappa shape index (κ1) is 27.2. The van der Waals surface area contributed by atoms with Crippen LogP contribution in [-0.4, -0.2) is 9.97 Å². The molecular formula is C45H30N2. The molecule has 0 bridgehead atoms. The van der Waals surface area contributed by atoms with E-state index in [9.17, 15) is 0 Å². The van der Waals surface area contributed by atoms with Crippen molar-refractivity contribution in [3.05, 3.63) is 205 Å².